The molecular weight excluding hydrogens is 304 g/mol. The summed E-state index contributed by atoms with van der Waals surface area (Å²) < 4.78 is 10.6. The number of benzene rings is 2. The van der Waals surface area contributed by atoms with Crippen molar-refractivity contribution in [3.63, 3.8) is 0 Å². The summed E-state index contributed by atoms with van der Waals surface area (Å²) in [6.07, 6.45) is 2.23. The number of aryl methyl sites for hydroxylation is 1. The highest BCUT2D eigenvalue weighted by Gasteiger charge is 2.12. The van der Waals surface area contributed by atoms with Crippen molar-refractivity contribution >= 4 is 11.9 Å². The molecule has 0 aliphatic rings. The van der Waals surface area contributed by atoms with Crippen LogP contribution in [0.25, 0.3) is 0 Å². The van der Waals surface area contributed by atoms with Crippen LogP contribution in [0.5, 0.6) is 11.5 Å². The van der Waals surface area contributed by atoms with E-state index in [1.807, 2.05) is 30.3 Å². The molecule has 0 saturated carbocycles. The number of ether oxygens (including phenoxy) is 2. The van der Waals surface area contributed by atoms with Crippen molar-refractivity contribution in [1.29, 1.82) is 0 Å². The minimum absolute atomic E-state index is 0.230. The lowest BCUT2D eigenvalue weighted by Gasteiger charge is -2.09. The molecular formula is C20H20O4. The fourth-order valence-electron chi connectivity index (χ4n) is 2.06. The molecule has 0 bridgehead atoms. The van der Waals surface area contributed by atoms with Gasteiger partial charge in [0.1, 0.15) is 0 Å². The Balaban J connectivity index is 1.97. The van der Waals surface area contributed by atoms with E-state index in [2.05, 4.69) is 0 Å². The minimum Gasteiger partial charge on any atom is -0.423 e. The molecule has 4 heteroatoms. The predicted molar refractivity (Wildman–Crippen MR) is 91.9 cm³/mol. The molecule has 2 rings (SSSR count). The normalized spacial score (nSPS) is 9.92. The Morgan fingerprint density at radius 3 is 2.08 bits per heavy atom. The number of allylic oxidation sites excluding steroid dienone is 1. The first kappa shape index (κ1) is 17.5. The van der Waals surface area contributed by atoms with Crippen LogP contribution in [0.3, 0.4) is 0 Å². The maximum atomic E-state index is 12.0. The van der Waals surface area contributed by atoms with Gasteiger partial charge in [0.05, 0.1) is 0 Å². The van der Waals surface area contributed by atoms with Crippen molar-refractivity contribution in [2.24, 2.45) is 0 Å². The van der Waals surface area contributed by atoms with Gasteiger partial charge < -0.3 is 9.47 Å². The lowest BCUT2D eigenvalue weighted by Crippen LogP contribution is -2.11. The first-order valence-electron chi connectivity index (χ1n) is 7.75. The molecule has 4 nitrogen and oxygen atoms in total. The molecule has 0 fully saturated rings. The largest absolute Gasteiger partial charge is 0.423 e. The summed E-state index contributed by atoms with van der Waals surface area (Å²) in [6, 6.07) is 16.3. The Morgan fingerprint density at radius 2 is 1.46 bits per heavy atom. The first-order chi connectivity index (χ1) is 11.5. The predicted octanol–water partition coefficient (Wildman–Crippen LogP) is 4.10. The van der Waals surface area contributed by atoms with Gasteiger partial charge in [-0.1, -0.05) is 48.0 Å². The topological polar surface area (TPSA) is 52.6 Å². The third-order valence-corrected chi connectivity index (χ3v) is 3.15. The summed E-state index contributed by atoms with van der Waals surface area (Å²) in [7, 11) is 0. The van der Waals surface area contributed by atoms with E-state index in [9.17, 15) is 9.59 Å². The standard InChI is InChI=1S/C20H20O4/c1-15(2)14-20(22)24-18-11-7-6-10-17(18)23-19(21)13-12-16-8-4-3-5-9-16/h3-11,14H,12-13H2,1-2H3. The monoisotopic (exact) mass is 324 g/mol. The molecule has 0 aliphatic heterocycles. The highest BCUT2D eigenvalue weighted by atomic mass is 16.6. The zero-order chi connectivity index (χ0) is 17.4. The van der Waals surface area contributed by atoms with Gasteiger partial charge in [-0.3, -0.25) is 4.79 Å². The molecule has 0 heterocycles. The van der Waals surface area contributed by atoms with Crippen LogP contribution < -0.4 is 9.47 Å². The summed E-state index contributed by atoms with van der Waals surface area (Å²) in [5.41, 5.74) is 1.90. The van der Waals surface area contributed by atoms with Crippen LogP contribution in [-0.4, -0.2) is 11.9 Å². The maximum Gasteiger partial charge on any atom is 0.336 e. The fraction of sp³-hybridized carbons (Fsp3) is 0.200. The van der Waals surface area contributed by atoms with Crippen molar-refractivity contribution in [1.82, 2.24) is 0 Å². The smallest absolute Gasteiger partial charge is 0.336 e. The Bertz CT molecular complexity index is 728. The van der Waals surface area contributed by atoms with Crippen molar-refractivity contribution in [2.75, 3.05) is 0 Å². The number of rotatable bonds is 6. The Kier molecular flexibility index (Phi) is 6.32. The molecule has 124 valence electrons. The van der Waals surface area contributed by atoms with E-state index in [0.29, 0.717) is 6.42 Å². The average Bonchev–Trinajstić information content (AvgIpc) is 2.55. The molecule has 0 saturated heterocycles. The van der Waals surface area contributed by atoms with Crippen LogP contribution >= 0.6 is 0 Å². The van der Waals surface area contributed by atoms with Crippen LogP contribution in [0.1, 0.15) is 25.8 Å². The number of esters is 2. The van der Waals surface area contributed by atoms with Gasteiger partial charge in [-0.05, 0) is 38.0 Å². The molecule has 0 atom stereocenters. The molecule has 0 spiro atoms. The zero-order valence-electron chi connectivity index (χ0n) is 13.8. The van der Waals surface area contributed by atoms with E-state index < -0.39 is 5.97 Å². The van der Waals surface area contributed by atoms with Gasteiger partial charge in [0.2, 0.25) is 0 Å². The van der Waals surface area contributed by atoms with E-state index in [-0.39, 0.29) is 23.9 Å². The van der Waals surface area contributed by atoms with Gasteiger partial charge in [-0.2, -0.15) is 0 Å². The Hall–Kier alpha value is -2.88. The molecule has 0 unspecified atom stereocenters. The van der Waals surface area contributed by atoms with E-state index in [1.165, 1.54) is 6.08 Å². The molecule has 0 radical (unpaired) electrons. The molecule has 2 aromatic carbocycles. The number of hydrogen-bond acceptors (Lipinski definition) is 4. The van der Waals surface area contributed by atoms with Gasteiger partial charge in [0.15, 0.2) is 11.5 Å². The summed E-state index contributed by atoms with van der Waals surface area (Å²) >= 11 is 0. The highest BCUT2D eigenvalue weighted by molar-refractivity contribution is 5.85. The quantitative estimate of drug-likeness (QED) is 0.456. The van der Waals surface area contributed by atoms with Gasteiger partial charge in [0.25, 0.3) is 0 Å². The van der Waals surface area contributed by atoms with Crippen molar-refractivity contribution in [2.45, 2.75) is 26.7 Å². The lowest BCUT2D eigenvalue weighted by molar-refractivity contribution is -0.135. The number of para-hydroxylation sites is 2. The molecule has 0 aromatic heterocycles. The summed E-state index contributed by atoms with van der Waals surface area (Å²) in [6.45, 7) is 3.60. The second-order valence-corrected chi connectivity index (χ2v) is 5.55. The summed E-state index contributed by atoms with van der Waals surface area (Å²) in [5.74, 6) is -0.397. The third kappa shape index (κ3) is 5.72. The number of carbonyl (C=O) groups excluding carboxylic acids is 2. The number of hydrogen-bond donors (Lipinski definition) is 0. The maximum absolute atomic E-state index is 12.0. The van der Waals surface area contributed by atoms with Gasteiger partial charge in [-0.15, -0.1) is 0 Å². The Morgan fingerprint density at radius 1 is 0.875 bits per heavy atom. The Labute approximate surface area is 141 Å². The summed E-state index contributed by atoms with van der Waals surface area (Å²) in [4.78, 5) is 23.8. The molecule has 0 N–H and O–H groups in total. The van der Waals surface area contributed by atoms with Crippen LogP contribution in [0.4, 0.5) is 0 Å². The third-order valence-electron chi connectivity index (χ3n) is 3.15. The van der Waals surface area contributed by atoms with E-state index in [4.69, 9.17) is 9.47 Å². The SMILES string of the molecule is CC(C)=CC(=O)Oc1ccccc1OC(=O)CCc1ccccc1. The molecule has 0 amide bonds. The van der Waals surface area contributed by atoms with Crippen LogP contribution in [0.15, 0.2) is 66.2 Å². The zero-order valence-corrected chi connectivity index (χ0v) is 13.8. The van der Waals surface area contributed by atoms with E-state index in [1.54, 1.807) is 38.1 Å². The first-order valence-corrected chi connectivity index (χ1v) is 7.75. The molecule has 0 aliphatic carbocycles. The minimum atomic E-state index is -0.497. The molecule has 2 aromatic rings. The van der Waals surface area contributed by atoms with Crippen LogP contribution in [0.2, 0.25) is 0 Å². The lowest BCUT2D eigenvalue weighted by atomic mass is 10.1. The van der Waals surface area contributed by atoms with Crippen LogP contribution in [-0.2, 0) is 16.0 Å². The van der Waals surface area contributed by atoms with Gasteiger partial charge in [0, 0.05) is 12.5 Å². The van der Waals surface area contributed by atoms with Crippen molar-refractivity contribution in [3.05, 3.63) is 71.8 Å². The second kappa shape index (κ2) is 8.67. The van der Waals surface area contributed by atoms with Crippen LogP contribution in [0, 0.1) is 0 Å². The van der Waals surface area contributed by atoms with Gasteiger partial charge in [-0.25, -0.2) is 4.79 Å². The highest BCUT2D eigenvalue weighted by Crippen LogP contribution is 2.27. The molecule has 24 heavy (non-hydrogen) atoms. The average molecular weight is 324 g/mol. The van der Waals surface area contributed by atoms with E-state index in [0.717, 1.165) is 11.1 Å². The van der Waals surface area contributed by atoms with Gasteiger partial charge >= 0.3 is 11.9 Å². The van der Waals surface area contributed by atoms with Crippen molar-refractivity contribution in [3.8, 4) is 11.5 Å². The second-order valence-electron chi connectivity index (χ2n) is 5.55. The fourth-order valence-corrected chi connectivity index (χ4v) is 2.06. The van der Waals surface area contributed by atoms with E-state index >= 15 is 0 Å². The summed E-state index contributed by atoms with van der Waals surface area (Å²) in [5, 5.41) is 0. The van der Waals surface area contributed by atoms with Crippen molar-refractivity contribution < 1.29 is 19.1 Å². The number of carbonyl (C=O) groups is 2.